The van der Waals surface area contributed by atoms with Crippen LogP contribution in [0.25, 0.3) is 0 Å². The van der Waals surface area contributed by atoms with E-state index < -0.39 is 0 Å². The van der Waals surface area contributed by atoms with Crippen molar-refractivity contribution in [2.45, 2.75) is 46.6 Å². The van der Waals surface area contributed by atoms with E-state index in [1.165, 1.54) is 6.08 Å². The van der Waals surface area contributed by atoms with E-state index in [0.29, 0.717) is 0 Å². The van der Waals surface area contributed by atoms with Crippen LogP contribution >= 0.6 is 0 Å². The number of ketones is 1. The van der Waals surface area contributed by atoms with Gasteiger partial charge in [-0.2, -0.15) is 0 Å². The van der Waals surface area contributed by atoms with Crippen LogP contribution in [0.15, 0.2) is 24.4 Å². The highest BCUT2D eigenvalue weighted by molar-refractivity contribution is 6.04. The highest BCUT2D eigenvalue weighted by Crippen LogP contribution is 2.37. The largest absolute Gasteiger partial charge is 0.372 e. The molecule has 1 rings (SSSR count). The molecule has 1 aliphatic heterocycles. The second-order valence-electron chi connectivity index (χ2n) is 6.11. The average Bonchev–Trinajstić information content (AvgIpc) is 2.14. The normalized spacial score (nSPS) is 20.3. The lowest BCUT2D eigenvalue weighted by Crippen LogP contribution is -2.44. The Labute approximate surface area is 99.0 Å². The van der Waals surface area contributed by atoms with Crippen molar-refractivity contribution < 1.29 is 4.79 Å². The quantitative estimate of drug-likeness (QED) is 0.668. The Morgan fingerprint density at radius 3 is 2.50 bits per heavy atom. The molecule has 0 N–H and O–H groups in total. The Morgan fingerprint density at radius 2 is 2.06 bits per heavy atom. The second kappa shape index (κ2) is 4.08. The van der Waals surface area contributed by atoms with Gasteiger partial charge in [-0.15, -0.1) is 0 Å². The van der Waals surface area contributed by atoms with Crippen molar-refractivity contribution >= 4 is 5.78 Å². The molecule has 16 heavy (non-hydrogen) atoms. The lowest BCUT2D eigenvalue weighted by atomic mass is 9.76. The van der Waals surface area contributed by atoms with Crippen molar-refractivity contribution in [2.24, 2.45) is 5.41 Å². The van der Waals surface area contributed by atoms with Crippen molar-refractivity contribution in [3.63, 3.8) is 0 Å². The Morgan fingerprint density at radius 1 is 1.50 bits per heavy atom. The van der Waals surface area contributed by atoms with Crippen LogP contribution in [0.3, 0.4) is 0 Å². The minimum absolute atomic E-state index is 0.0347. The first-order valence-electron chi connectivity index (χ1n) is 5.84. The molecule has 0 saturated heterocycles. The average molecular weight is 221 g/mol. The van der Waals surface area contributed by atoms with Crippen LogP contribution in [0.4, 0.5) is 0 Å². The van der Waals surface area contributed by atoms with Crippen LogP contribution in [0.1, 0.15) is 41.0 Å². The van der Waals surface area contributed by atoms with Gasteiger partial charge in [-0.25, -0.2) is 0 Å². The van der Waals surface area contributed by atoms with E-state index in [2.05, 4.69) is 46.1 Å². The van der Waals surface area contributed by atoms with Crippen LogP contribution in [-0.4, -0.2) is 22.8 Å². The summed E-state index contributed by atoms with van der Waals surface area (Å²) >= 11 is 0. The Bertz CT molecular complexity index is 331. The molecule has 0 unspecified atom stereocenters. The Balaban J connectivity index is 3.10. The molecule has 90 valence electrons. The third-order valence-corrected chi connectivity index (χ3v) is 3.30. The molecule has 2 nitrogen and oxygen atoms in total. The van der Waals surface area contributed by atoms with E-state index in [0.717, 1.165) is 18.5 Å². The Hall–Kier alpha value is -1.05. The molecular weight excluding hydrogens is 198 g/mol. The zero-order valence-electron chi connectivity index (χ0n) is 11.1. The molecule has 0 aromatic carbocycles. The van der Waals surface area contributed by atoms with Gasteiger partial charge in [0.15, 0.2) is 5.78 Å². The van der Waals surface area contributed by atoms with Crippen molar-refractivity contribution in [3.05, 3.63) is 24.4 Å². The van der Waals surface area contributed by atoms with Gasteiger partial charge in [0.25, 0.3) is 0 Å². The summed E-state index contributed by atoms with van der Waals surface area (Å²) < 4.78 is 0. The van der Waals surface area contributed by atoms with Gasteiger partial charge in [0.1, 0.15) is 0 Å². The number of carbonyl (C=O) groups excluding carboxylic acids is 1. The summed E-state index contributed by atoms with van der Waals surface area (Å²) in [5.74, 6) is 0.0546. The van der Waals surface area contributed by atoms with Gasteiger partial charge >= 0.3 is 0 Å². The van der Waals surface area contributed by atoms with Crippen molar-refractivity contribution in [1.82, 2.24) is 4.90 Å². The van der Waals surface area contributed by atoms with E-state index in [4.69, 9.17) is 0 Å². The maximum Gasteiger partial charge on any atom is 0.183 e. The smallest absolute Gasteiger partial charge is 0.183 e. The number of allylic oxidation sites excluding steroid dienone is 2. The fourth-order valence-electron chi connectivity index (χ4n) is 1.97. The SMILES string of the molecule is C=CC(=O)C1=CN(C(C)(C)C)CCC1(C)C. The molecule has 0 bridgehead atoms. The van der Waals surface area contributed by atoms with Crippen molar-refractivity contribution in [1.29, 1.82) is 0 Å². The van der Waals surface area contributed by atoms with Gasteiger partial charge in [0, 0.05) is 23.9 Å². The zero-order valence-corrected chi connectivity index (χ0v) is 11.1. The summed E-state index contributed by atoms with van der Waals surface area (Å²) in [7, 11) is 0. The summed E-state index contributed by atoms with van der Waals surface area (Å²) in [6.45, 7) is 15.3. The van der Waals surface area contributed by atoms with Crippen LogP contribution < -0.4 is 0 Å². The molecule has 0 atom stereocenters. The first-order chi connectivity index (χ1) is 7.18. The molecule has 0 saturated carbocycles. The van der Waals surface area contributed by atoms with E-state index in [1.807, 2.05) is 6.20 Å². The summed E-state index contributed by atoms with van der Waals surface area (Å²) in [6, 6.07) is 0. The topological polar surface area (TPSA) is 20.3 Å². The summed E-state index contributed by atoms with van der Waals surface area (Å²) in [5.41, 5.74) is 0.916. The summed E-state index contributed by atoms with van der Waals surface area (Å²) in [4.78, 5) is 14.1. The van der Waals surface area contributed by atoms with Gasteiger partial charge in [-0.1, -0.05) is 20.4 Å². The van der Waals surface area contributed by atoms with Crippen LogP contribution in [0.2, 0.25) is 0 Å². The van der Waals surface area contributed by atoms with Gasteiger partial charge in [-0.05, 0) is 38.7 Å². The van der Waals surface area contributed by atoms with Crippen LogP contribution in [-0.2, 0) is 4.79 Å². The molecule has 0 aromatic rings. The molecule has 0 radical (unpaired) electrons. The molecule has 2 heteroatoms. The van der Waals surface area contributed by atoms with Crippen molar-refractivity contribution in [2.75, 3.05) is 6.54 Å². The summed E-state index contributed by atoms with van der Waals surface area (Å²) in [6.07, 6.45) is 4.45. The van der Waals surface area contributed by atoms with Gasteiger partial charge in [-0.3, -0.25) is 4.79 Å². The Kier molecular flexibility index (Phi) is 3.32. The number of hydrogen-bond acceptors (Lipinski definition) is 2. The van der Waals surface area contributed by atoms with Gasteiger partial charge in [0.2, 0.25) is 0 Å². The molecule has 0 amide bonds. The molecule has 1 heterocycles. The first-order valence-corrected chi connectivity index (χ1v) is 5.84. The lowest BCUT2D eigenvalue weighted by Gasteiger charge is -2.43. The fraction of sp³-hybridized carbons (Fsp3) is 0.643. The summed E-state index contributed by atoms with van der Waals surface area (Å²) in [5, 5.41) is 0. The predicted octanol–water partition coefficient (Wildman–Crippen LogP) is 3.16. The maximum atomic E-state index is 11.8. The predicted molar refractivity (Wildman–Crippen MR) is 68.1 cm³/mol. The van der Waals surface area contributed by atoms with E-state index in [1.54, 1.807) is 0 Å². The van der Waals surface area contributed by atoms with Gasteiger partial charge < -0.3 is 4.90 Å². The molecule has 0 fully saturated rings. The highest BCUT2D eigenvalue weighted by Gasteiger charge is 2.34. The monoisotopic (exact) mass is 221 g/mol. The second-order valence-corrected chi connectivity index (χ2v) is 6.11. The standard InChI is InChI=1S/C14H23NO/c1-7-12(16)11-10-15(13(2,3)4)9-8-14(11,5)6/h7,10H,1,8-9H2,2-6H3. The molecular formula is C14H23NO. The molecule has 0 aromatic heterocycles. The van der Waals surface area contributed by atoms with Crippen LogP contribution in [0, 0.1) is 5.41 Å². The third kappa shape index (κ3) is 2.55. The third-order valence-electron chi connectivity index (χ3n) is 3.30. The van der Waals surface area contributed by atoms with E-state index in [9.17, 15) is 4.79 Å². The van der Waals surface area contributed by atoms with E-state index >= 15 is 0 Å². The minimum Gasteiger partial charge on any atom is -0.372 e. The molecule has 1 aliphatic rings. The zero-order chi connectivity index (χ0) is 12.6. The number of carbonyl (C=O) groups is 1. The minimum atomic E-state index is -0.0347. The lowest BCUT2D eigenvalue weighted by molar-refractivity contribution is -0.112. The molecule has 0 spiro atoms. The van der Waals surface area contributed by atoms with Crippen molar-refractivity contribution in [3.8, 4) is 0 Å². The number of rotatable bonds is 2. The number of nitrogens with zero attached hydrogens (tertiary/aromatic N) is 1. The van der Waals surface area contributed by atoms with E-state index in [-0.39, 0.29) is 16.7 Å². The fourth-order valence-corrected chi connectivity index (χ4v) is 1.97. The molecule has 0 aliphatic carbocycles. The van der Waals surface area contributed by atoms with Gasteiger partial charge in [0.05, 0.1) is 0 Å². The van der Waals surface area contributed by atoms with Crippen LogP contribution in [0.5, 0.6) is 0 Å². The maximum absolute atomic E-state index is 11.8. The highest BCUT2D eigenvalue weighted by atomic mass is 16.1. The number of hydrogen-bond donors (Lipinski definition) is 0. The first kappa shape index (κ1) is 13.0.